The summed E-state index contributed by atoms with van der Waals surface area (Å²) in [4.78, 5) is 17.0. The highest BCUT2D eigenvalue weighted by molar-refractivity contribution is 6.17. The average Bonchev–Trinajstić information content (AvgIpc) is 2.89. The number of benzene rings is 1. The van der Waals surface area contributed by atoms with Crippen LogP contribution in [0.2, 0.25) is 0 Å². The number of fused-ring (bicyclic) bond motifs is 1. The Hall–Kier alpha value is -1.75. The standard InChI is InChI=1S/C18H25ClN2O3/c1-18(2,3)24-17(23)21-11-9-13-7-8-14(12-15(13)21)20-16(22)6-4-5-10-19/h7-8,12H,4-6,9-11H2,1-3H3,(H,20,22)/p+1. The van der Waals surface area contributed by atoms with Gasteiger partial charge in [-0.3, -0.25) is 4.90 Å². The van der Waals surface area contributed by atoms with Crippen LogP contribution in [0.15, 0.2) is 18.2 Å². The second-order valence-electron chi connectivity index (χ2n) is 6.94. The van der Waals surface area contributed by atoms with Crippen molar-refractivity contribution in [2.75, 3.05) is 17.3 Å². The molecule has 0 bridgehead atoms. The van der Waals surface area contributed by atoms with Crippen LogP contribution in [0.4, 0.5) is 16.2 Å². The van der Waals surface area contributed by atoms with E-state index in [1.54, 1.807) is 4.90 Å². The van der Waals surface area contributed by atoms with Gasteiger partial charge >= 0.3 is 12.0 Å². The van der Waals surface area contributed by atoms with E-state index in [1.807, 2.05) is 39.0 Å². The number of aliphatic hydroxyl groups excluding tert-OH is 1. The van der Waals surface area contributed by atoms with E-state index in [2.05, 4.69) is 4.99 Å². The molecule has 0 fully saturated rings. The van der Waals surface area contributed by atoms with E-state index in [-0.39, 0.29) is 12.0 Å². The van der Waals surface area contributed by atoms with Crippen molar-refractivity contribution < 1.29 is 19.6 Å². The minimum absolute atomic E-state index is 0.210. The number of unbranched alkanes of at least 4 members (excludes halogenated alkanes) is 1. The molecule has 1 aliphatic heterocycles. The topological polar surface area (TPSA) is 63.7 Å². The van der Waals surface area contributed by atoms with Gasteiger partial charge in [0.15, 0.2) is 0 Å². The van der Waals surface area contributed by atoms with Crippen molar-refractivity contribution in [3.8, 4) is 0 Å². The highest BCUT2D eigenvalue weighted by atomic mass is 35.5. The first-order chi connectivity index (χ1) is 11.3. The molecule has 0 spiro atoms. The summed E-state index contributed by atoms with van der Waals surface area (Å²) in [6.45, 7) is 6.17. The lowest BCUT2D eigenvalue weighted by Crippen LogP contribution is -2.66. The van der Waals surface area contributed by atoms with Crippen molar-refractivity contribution in [2.45, 2.75) is 52.1 Å². The van der Waals surface area contributed by atoms with Gasteiger partial charge < -0.3 is 9.84 Å². The Morgan fingerprint density at radius 1 is 1.38 bits per heavy atom. The molecule has 2 N–H and O–H groups in total. The molecule has 1 heterocycles. The molecular weight excluding hydrogens is 328 g/mol. The molecule has 0 radical (unpaired) electrons. The number of alkyl halides is 1. The Balaban J connectivity index is 2.13. The zero-order chi connectivity index (χ0) is 17.7. The second-order valence-corrected chi connectivity index (χ2v) is 7.32. The second kappa shape index (κ2) is 7.88. The summed E-state index contributed by atoms with van der Waals surface area (Å²) in [6.07, 6.45) is 2.72. The van der Waals surface area contributed by atoms with Crippen LogP contribution in [-0.2, 0) is 11.2 Å². The van der Waals surface area contributed by atoms with Crippen LogP contribution in [-0.4, -0.2) is 35.1 Å². The lowest BCUT2D eigenvalue weighted by Gasteiger charge is -2.24. The quantitative estimate of drug-likeness (QED) is 0.370. The number of nitrogens with zero attached hydrogens (tertiary/aromatic N) is 1. The minimum Gasteiger partial charge on any atom is -0.463 e. The predicted molar refractivity (Wildman–Crippen MR) is 96.6 cm³/mol. The number of halogens is 1. The molecule has 2 rings (SSSR count). The molecule has 0 atom stereocenters. The van der Waals surface area contributed by atoms with E-state index in [0.717, 1.165) is 36.2 Å². The third-order valence-corrected chi connectivity index (χ3v) is 3.95. The first-order valence-corrected chi connectivity index (χ1v) is 8.85. The zero-order valence-corrected chi connectivity index (χ0v) is 15.3. The molecule has 6 heteroatoms. The first kappa shape index (κ1) is 18.6. The normalized spacial score (nSPS) is 14.7. The van der Waals surface area contributed by atoms with Crippen LogP contribution < -0.4 is 9.89 Å². The summed E-state index contributed by atoms with van der Waals surface area (Å²) in [5, 5.41) is 9.96. The zero-order valence-electron chi connectivity index (χ0n) is 14.6. The van der Waals surface area contributed by atoms with Crippen molar-refractivity contribution in [1.29, 1.82) is 0 Å². The Morgan fingerprint density at radius 2 is 2.12 bits per heavy atom. The van der Waals surface area contributed by atoms with Gasteiger partial charge in [0, 0.05) is 24.6 Å². The Bertz CT molecular complexity index is 623. The average molecular weight is 354 g/mol. The van der Waals surface area contributed by atoms with E-state index in [0.29, 0.717) is 18.8 Å². The number of anilines is 1. The van der Waals surface area contributed by atoms with Gasteiger partial charge in [-0.25, -0.2) is 4.79 Å². The van der Waals surface area contributed by atoms with Crippen molar-refractivity contribution in [2.24, 2.45) is 0 Å². The summed E-state index contributed by atoms with van der Waals surface area (Å²) < 4.78 is 5.46. The fraction of sp³-hybridized carbons (Fsp3) is 0.556. The molecule has 1 aliphatic rings. The monoisotopic (exact) mass is 353 g/mol. The van der Waals surface area contributed by atoms with Gasteiger partial charge in [0.1, 0.15) is 5.60 Å². The van der Waals surface area contributed by atoms with E-state index in [4.69, 9.17) is 16.3 Å². The number of rotatable bonds is 5. The molecule has 5 nitrogen and oxygen atoms in total. The number of nitrogens with one attached hydrogen (secondary N) is 1. The highest BCUT2D eigenvalue weighted by Crippen LogP contribution is 2.30. The van der Waals surface area contributed by atoms with Gasteiger partial charge in [0.25, 0.3) is 0 Å². The van der Waals surface area contributed by atoms with Crippen LogP contribution in [0.5, 0.6) is 0 Å². The summed E-state index contributed by atoms with van der Waals surface area (Å²) >= 11 is 5.64. The van der Waals surface area contributed by atoms with Crippen LogP contribution >= 0.6 is 11.6 Å². The molecule has 1 amide bonds. The van der Waals surface area contributed by atoms with Gasteiger partial charge in [-0.2, -0.15) is 4.99 Å². The molecule has 1 aromatic rings. The van der Waals surface area contributed by atoms with Crippen LogP contribution in [0.3, 0.4) is 0 Å². The van der Waals surface area contributed by atoms with E-state index < -0.39 is 5.60 Å². The number of carbonyl (C=O) groups excluding carboxylic acids is 1. The Morgan fingerprint density at radius 3 is 2.79 bits per heavy atom. The van der Waals surface area contributed by atoms with Crippen LogP contribution in [0.25, 0.3) is 0 Å². The third-order valence-electron chi connectivity index (χ3n) is 3.68. The number of amides is 1. The van der Waals surface area contributed by atoms with Crippen molar-refractivity contribution in [1.82, 2.24) is 0 Å². The Kier molecular flexibility index (Phi) is 6.10. The highest BCUT2D eigenvalue weighted by Gasteiger charge is 2.29. The largest absolute Gasteiger partial charge is 0.463 e. The molecule has 0 saturated carbocycles. The maximum absolute atomic E-state index is 12.3. The van der Waals surface area contributed by atoms with Gasteiger partial charge in [0.2, 0.25) is 5.69 Å². The fourth-order valence-electron chi connectivity index (χ4n) is 2.58. The van der Waals surface area contributed by atoms with E-state index >= 15 is 0 Å². The molecule has 0 unspecified atom stereocenters. The first-order valence-electron chi connectivity index (χ1n) is 8.31. The number of hydrogen-bond acceptors (Lipinski definition) is 2. The van der Waals surface area contributed by atoms with Gasteiger partial charge in [-0.15, -0.1) is 11.6 Å². The maximum atomic E-state index is 12.3. The number of hydrogen-bond donors (Lipinski definition) is 2. The van der Waals surface area contributed by atoms with Gasteiger partial charge in [0.05, 0.1) is 12.1 Å². The molecule has 0 saturated heterocycles. The maximum Gasteiger partial charge on any atom is 0.414 e. The van der Waals surface area contributed by atoms with Gasteiger partial charge in [-0.05, 0) is 45.6 Å². The van der Waals surface area contributed by atoms with E-state index in [1.165, 1.54) is 0 Å². The smallest absolute Gasteiger partial charge is 0.414 e. The molecule has 1 aromatic carbocycles. The number of aliphatic hydroxyl groups is 1. The summed E-state index contributed by atoms with van der Waals surface area (Å²) in [5.74, 6) is 0.804. The molecule has 0 aromatic heterocycles. The SMILES string of the molecule is CC(C)(C)OC(=O)N1CCc2ccc([NH+]=C(O)CCCCCl)cc21. The molecule has 24 heavy (non-hydrogen) atoms. The predicted octanol–water partition coefficient (Wildman–Crippen LogP) is 3.06. The summed E-state index contributed by atoms with van der Waals surface area (Å²) in [5.41, 5.74) is 2.17. The lowest BCUT2D eigenvalue weighted by atomic mass is 10.1. The van der Waals surface area contributed by atoms with Crippen molar-refractivity contribution >= 4 is 35.0 Å². The van der Waals surface area contributed by atoms with Gasteiger partial charge in [-0.1, -0.05) is 6.07 Å². The van der Waals surface area contributed by atoms with Crippen molar-refractivity contribution in [3.63, 3.8) is 0 Å². The van der Waals surface area contributed by atoms with E-state index in [9.17, 15) is 9.90 Å². The molecular formula is C18H26ClN2O3+. The molecule has 132 valence electrons. The van der Waals surface area contributed by atoms with Crippen molar-refractivity contribution in [3.05, 3.63) is 23.8 Å². The third kappa shape index (κ3) is 5.13. The molecule has 0 aliphatic carbocycles. The number of ether oxygens (including phenoxy) is 1. The van der Waals surface area contributed by atoms with Crippen LogP contribution in [0.1, 0.15) is 45.6 Å². The minimum atomic E-state index is -0.524. The Labute approximate surface area is 148 Å². The lowest BCUT2D eigenvalue weighted by molar-refractivity contribution is -0.367. The summed E-state index contributed by atoms with van der Waals surface area (Å²) in [6, 6.07) is 5.77. The fourth-order valence-corrected chi connectivity index (χ4v) is 2.77. The number of carbonyl (C=O) groups is 1. The van der Waals surface area contributed by atoms with Crippen LogP contribution in [0, 0.1) is 0 Å². The summed E-state index contributed by atoms with van der Waals surface area (Å²) in [7, 11) is 0.